The molecule has 1 aliphatic rings. The van der Waals surface area contributed by atoms with Gasteiger partial charge in [-0.15, -0.1) is 0 Å². The summed E-state index contributed by atoms with van der Waals surface area (Å²) in [6, 6.07) is 1.26. The van der Waals surface area contributed by atoms with Gasteiger partial charge in [0.15, 0.2) is 5.11 Å². The SMILES string of the molecule is CCOC(=O)NC(=S)Nc1ncc(Br)cc1C(=O)NC1CNC(=O)C1. The predicted octanol–water partition coefficient (Wildman–Crippen LogP) is 0.905. The number of anilines is 1. The average Bonchev–Trinajstić information content (AvgIpc) is 2.94. The fourth-order valence-electron chi connectivity index (χ4n) is 2.08. The molecule has 0 aromatic carbocycles. The highest BCUT2D eigenvalue weighted by Crippen LogP contribution is 2.18. The van der Waals surface area contributed by atoms with Crippen LogP contribution in [0.5, 0.6) is 0 Å². The smallest absolute Gasteiger partial charge is 0.413 e. The van der Waals surface area contributed by atoms with Gasteiger partial charge < -0.3 is 20.7 Å². The van der Waals surface area contributed by atoms with E-state index < -0.39 is 12.0 Å². The van der Waals surface area contributed by atoms with Crippen LogP contribution in [0.2, 0.25) is 0 Å². The number of pyridine rings is 1. The van der Waals surface area contributed by atoms with Crippen molar-refractivity contribution in [2.24, 2.45) is 0 Å². The molecular weight excluding hydrogens is 414 g/mol. The lowest BCUT2D eigenvalue weighted by Gasteiger charge is -2.15. The van der Waals surface area contributed by atoms with Gasteiger partial charge in [0, 0.05) is 23.6 Å². The van der Waals surface area contributed by atoms with Gasteiger partial charge in [0.2, 0.25) is 5.91 Å². The second-order valence-electron chi connectivity index (χ2n) is 5.03. The largest absolute Gasteiger partial charge is 0.450 e. The topological polar surface area (TPSA) is 121 Å². The lowest BCUT2D eigenvalue weighted by molar-refractivity contribution is -0.119. The first-order valence-corrected chi connectivity index (χ1v) is 8.57. The number of halogens is 1. The maximum atomic E-state index is 12.5. The Kier molecular flexibility index (Phi) is 6.65. The molecule has 0 spiro atoms. The molecule has 2 rings (SSSR count). The number of carbonyl (C=O) groups excluding carboxylic acids is 3. The number of rotatable bonds is 4. The predicted molar refractivity (Wildman–Crippen MR) is 97.2 cm³/mol. The van der Waals surface area contributed by atoms with E-state index in [1.54, 1.807) is 13.0 Å². The second-order valence-corrected chi connectivity index (χ2v) is 6.35. The van der Waals surface area contributed by atoms with Crippen molar-refractivity contribution in [1.82, 2.24) is 20.9 Å². The highest BCUT2D eigenvalue weighted by molar-refractivity contribution is 9.10. The van der Waals surface area contributed by atoms with Crippen LogP contribution in [0.3, 0.4) is 0 Å². The van der Waals surface area contributed by atoms with Crippen molar-refractivity contribution in [3.05, 3.63) is 22.3 Å². The third-order valence-electron chi connectivity index (χ3n) is 3.13. The molecule has 1 aromatic heterocycles. The molecule has 4 N–H and O–H groups in total. The molecule has 1 aliphatic heterocycles. The van der Waals surface area contributed by atoms with Crippen LogP contribution in [-0.4, -0.2) is 47.2 Å². The summed E-state index contributed by atoms with van der Waals surface area (Å²) < 4.78 is 5.31. The molecule has 11 heteroatoms. The lowest BCUT2D eigenvalue weighted by atomic mass is 10.2. The Morgan fingerprint density at radius 1 is 1.52 bits per heavy atom. The van der Waals surface area contributed by atoms with Crippen molar-refractivity contribution in [3.8, 4) is 0 Å². The number of carbonyl (C=O) groups is 3. The van der Waals surface area contributed by atoms with E-state index in [4.69, 9.17) is 17.0 Å². The van der Waals surface area contributed by atoms with Crippen LogP contribution in [0.1, 0.15) is 23.7 Å². The molecule has 3 amide bonds. The first-order chi connectivity index (χ1) is 11.9. The molecule has 1 fully saturated rings. The number of nitrogens with zero attached hydrogens (tertiary/aromatic N) is 1. The molecule has 1 unspecified atom stereocenters. The van der Waals surface area contributed by atoms with Crippen molar-refractivity contribution in [1.29, 1.82) is 0 Å². The summed E-state index contributed by atoms with van der Waals surface area (Å²) in [4.78, 5) is 39.2. The highest BCUT2D eigenvalue weighted by Gasteiger charge is 2.25. The molecule has 9 nitrogen and oxygen atoms in total. The fraction of sp³-hybridized carbons (Fsp3) is 0.357. The zero-order chi connectivity index (χ0) is 18.4. The average molecular weight is 430 g/mol. The Bertz CT molecular complexity index is 714. The summed E-state index contributed by atoms with van der Waals surface area (Å²) in [5.41, 5.74) is 0.210. The van der Waals surface area contributed by atoms with E-state index in [-0.39, 0.29) is 41.5 Å². The maximum absolute atomic E-state index is 12.5. The van der Waals surface area contributed by atoms with Crippen LogP contribution >= 0.6 is 28.1 Å². The number of ether oxygens (including phenoxy) is 1. The molecule has 1 aromatic rings. The van der Waals surface area contributed by atoms with Crippen LogP contribution in [-0.2, 0) is 9.53 Å². The second kappa shape index (κ2) is 8.72. The summed E-state index contributed by atoms with van der Waals surface area (Å²) in [5, 5.41) is 10.3. The zero-order valence-corrected chi connectivity index (χ0v) is 15.6. The van der Waals surface area contributed by atoms with Gasteiger partial charge in [-0.3, -0.25) is 14.9 Å². The number of amides is 3. The molecule has 134 valence electrons. The van der Waals surface area contributed by atoms with Crippen LogP contribution in [0, 0.1) is 0 Å². The molecule has 0 aliphatic carbocycles. The van der Waals surface area contributed by atoms with Gasteiger partial charge in [-0.25, -0.2) is 9.78 Å². The van der Waals surface area contributed by atoms with E-state index in [1.807, 2.05) is 0 Å². The summed E-state index contributed by atoms with van der Waals surface area (Å²) in [7, 11) is 0. The van der Waals surface area contributed by atoms with Gasteiger partial charge >= 0.3 is 6.09 Å². The van der Waals surface area contributed by atoms with Gasteiger partial charge in [-0.2, -0.15) is 0 Å². The number of hydrogen-bond acceptors (Lipinski definition) is 6. The van der Waals surface area contributed by atoms with Crippen molar-refractivity contribution < 1.29 is 19.1 Å². The van der Waals surface area contributed by atoms with Crippen molar-refractivity contribution in [2.75, 3.05) is 18.5 Å². The maximum Gasteiger partial charge on any atom is 0.413 e. The first-order valence-electron chi connectivity index (χ1n) is 7.37. The van der Waals surface area contributed by atoms with Crippen LogP contribution in [0.25, 0.3) is 0 Å². The number of hydrogen-bond donors (Lipinski definition) is 4. The Morgan fingerprint density at radius 3 is 2.92 bits per heavy atom. The number of nitrogens with one attached hydrogen (secondary N) is 4. The Hall–Kier alpha value is -2.27. The van der Waals surface area contributed by atoms with E-state index in [9.17, 15) is 14.4 Å². The van der Waals surface area contributed by atoms with E-state index in [2.05, 4.69) is 42.2 Å². The fourth-order valence-corrected chi connectivity index (χ4v) is 2.59. The van der Waals surface area contributed by atoms with Gasteiger partial charge in [-0.05, 0) is 41.1 Å². The third kappa shape index (κ3) is 5.64. The van der Waals surface area contributed by atoms with E-state index >= 15 is 0 Å². The van der Waals surface area contributed by atoms with Crippen LogP contribution < -0.4 is 21.3 Å². The van der Waals surface area contributed by atoms with Crippen molar-refractivity contribution >= 4 is 57.0 Å². The van der Waals surface area contributed by atoms with Gasteiger partial charge in [-0.1, -0.05) is 0 Å². The normalized spacial score (nSPS) is 15.9. The van der Waals surface area contributed by atoms with Gasteiger partial charge in [0.05, 0.1) is 18.2 Å². The summed E-state index contributed by atoms with van der Waals surface area (Å²) in [6.07, 6.45) is 0.990. The van der Waals surface area contributed by atoms with Crippen LogP contribution in [0.4, 0.5) is 10.6 Å². The van der Waals surface area contributed by atoms with Gasteiger partial charge in [0.25, 0.3) is 5.91 Å². The molecular formula is C14H16BrN5O4S. The Balaban J connectivity index is 2.08. The summed E-state index contributed by atoms with van der Waals surface area (Å²) in [6.45, 7) is 2.24. The molecule has 2 heterocycles. The number of alkyl carbamates (subject to hydrolysis) is 1. The minimum atomic E-state index is -0.710. The van der Waals surface area contributed by atoms with Crippen molar-refractivity contribution in [2.45, 2.75) is 19.4 Å². The van der Waals surface area contributed by atoms with Gasteiger partial charge in [0.1, 0.15) is 5.82 Å². The van der Waals surface area contributed by atoms with E-state index in [0.29, 0.717) is 11.0 Å². The number of aromatic nitrogens is 1. The van der Waals surface area contributed by atoms with Crippen LogP contribution in [0.15, 0.2) is 16.7 Å². The molecule has 25 heavy (non-hydrogen) atoms. The molecule has 0 saturated carbocycles. The quantitative estimate of drug-likeness (QED) is 0.524. The number of thiocarbonyl (C=S) groups is 1. The molecule has 1 saturated heterocycles. The molecule has 1 atom stereocenters. The standard InChI is InChI=1S/C14H16BrN5O4S/c1-2-24-14(23)20-13(25)19-11-9(3-7(15)5-17-11)12(22)18-8-4-10(21)16-6-8/h3,5,8H,2,4,6H2,1H3,(H,16,21)(H,18,22)(H2,17,19,20,23,25). The van der Waals surface area contributed by atoms with E-state index in [0.717, 1.165) is 0 Å². The minimum absolute atomic E-state index is 0.0555. The molecule has 0 bridgehead atoms. The Labute approximate surface area is 157 Å². The minimum Gasteiger partial charge on any atom is -0.450 e. The summed E-state index contributed by atoms with van der Waals surface area (Å²) in [5.74, 6) is -0.368. The first kappa shape index (κ1) is 19.1. The zero-order valence-electron chi connectivity index (χ0n) is 13.2. The van der Waals surface area contributed by atoms with E-state index in [1.165, 1.54) is 6.20 Å². The lowest BCUT2D eigenvalue weighted by Crippen LogP contribution is -2.38. The highest BCUT2D eigenvalue weighted by atomic mass is 79.9. The Morgan fingerprint density at radius 2 is 2.28 bits per heavy atom. The summed E-state index contributed by atoms with van der Waals surface area (Å²) >= 11 is 8.26. The van der Waals surface area contributed by atoms with Crippen molar-refractivity contribution in [3.63, 3.8) is 0 Å². The monoisotopic (exact) mass is 429 g/mol. The molecule has 0 radical (unpaired) electrons. The third-order valence-corrected chi connectivity index (χ3v) is 3.77.